The molecule has 1 aromatic heterocycles. The van der Waals surface area contributed by atoms with Gasteiger partial charge in [-0.1, -0.05) is 18.2 Å². The molecule has 0 aliphatic heterocycles. The van der Waals surface area contributed by atoms with E-state index in [0.29, 0.717) is 5.69 Å². The van der Waals surface area contributed by atoms with Gasteiger partial charge in [-0.25, -0.2) is 4.39 Å². The SMILES string of the molecule is O=[N+]([O-])c1ccc(-n2ccc3ccccc32)c(F)c1. The van der Waals surface area contributed by atoms with Crippen LogP contribution in [0, 0.1) is 15.9 Å². The number of rotatable bonds is 2. The molecule has 0 amide bonds. The summed E-state index contributed by atoms with van der Waals surface area (Å²) < 4.78 is 15.7. The largest absolute Gasteiger partial charge is 0.314 e. The lowest BCUT2D eigenvalue weighted by Crippen LogP contribution is -1.97. The first-order chi connectivity index (χ1) is 9.16. The van der Waals surface area contributed by atoms with Gasteiger partial charge in [0.2, 0.25) is 0 Å². The summed E-state index contributed by atoms with van der Waals surface area (Å²) in [5.74, 6) is -0.615. The molecule has 0 aliphatic carbocycles. The van der Waals surface area contributed by atoms with Gasteiger partial charge < -0.3 is 4.57 Å². The summed E-state index contributed by atoms with van der Waals surface area (Å²) in [6, 6.07) is 13.1. The van der Waals surface area contributed by atoms with E-state index in [1.807, 2.05) is 30.3 Å². The van der Waals surface area contributed by atoms with Crippen molar-refractivity contribution in [3.63, 3.8) is 0 Å². The Balaban J connectivity index is 2.19. The van der Waals surface area contributed by atoms with Crippen LogP contribution in [0.5, 0.6) is 0 Å². The first-order valence-corrected chi connectivity index (χ1v) is 5.67. The minimum Gasteiger partial charge on any atom is -0.314 e. The highest BCUT2D eigenvalue weighted by atomic mass is 19.1. The molecule has 0 fully saturated rings. The molecule has 4 nitrogen and oxygen atoms in total. The summed E-state index contributed by atoms with van der Waals surface area (Å²) in [7, 11) is 0. The molecule has 0 atom stereocenters. The van der Waals surface area contributed by atoms with E-state index in [1.54, 1.807) is 10.8 Å². The smallest absolute Gasteiger partial charge is 0.272 e. The van der Waals surface area contributed by atoms with E-state index < -0.39 is 10.7 Å². The van der Waals surface area contributed by atoms with Crippen LogP contribution in [-0.2, 0) is 0 Å². The highest BCUT2D eigenvalue weighted by Crippen LogP contribution is 2.24. The van der Waals surface area contributed by atoms with Crippen LogP contribution in [-0.4, -0.2) is 9.49 Å². The van der Waals surface area contributed by atoms with Gasteiger partial charge in [0.25, 0.3) is 5.69 Å². The zero-order valence-electron chi connectivity index (χ0n) is 9.79. The molecule has 5 heteroatoms. The fourth-order valence-electron chi connectivity index (χ4n) is 2.10. The van der Waals surface area contributed by atoms with Crippen molar-refractivity contribution >= 4 is 16.6 Å². The Kier molecular flexibility index (Phi) is 2.52. The van der Waals surface area contributed by atoms with Gasteiger partial charge in [-0.2, -0.15) is 0 Å². The number of aromatic nitrogens is 1. The number of benzene rings is 2. The van der Waals surface area contributed by atoms with Crippen LogP contribution in [0.3, 0.4) is 0 Å². The third-order valence-corrected chi connectivity index (χ3v) is 3.00. The first kappa shape index (κ1) is 11.4. The maximum absolute atomic E-state index is 14.0. The van der Waals surface area contributed by atoms with E-state index in [0.717, 1.165) is 17.0 Å². The van der Waals surface area contributed by atoms with E-state index in [2.05, 4.69) is 0 Å². The quantitative estimate of drug-likeness (QED) is 0.518. The fourth-order valence-corrected chi connectivity index (χ4v) is 2.10. The maximum atomic E-state index is 14.0. The molecule has 0 unspecified atom stereocenters. The van der Waals surface area contributed by atoms with Gasteiger partial charge >= 0.3 is 0 Å². The van der Waals surface area contributed by atoms with E-state index in [9.17, 15) is 14.5 Å². The molecule has 19 heavy (non-hydrogen) atoms. The molecule has 0 spiro atoms. The molecule has 3 rings (SSSR count). The lowest BCUT2D eigenvalue weighted by atomic mass is 10.2. The predicted molar refractivity (Wildman–Crippen MR) is 69.9 cm³/mol. The number of hydrogen-bond acceptors (Lipinski definition) is 2. The molecule has 0 N–H and O–H groups in total. The van der Waals surface area contributed by atoms with Gasteiger partial charge in [-0.15, -0.1) is 0 Å². The van der Waals surface area contributed by atoms with Crippen LogP contribution in [0.1, 0.15) is 0 Å². The Morgan fingerprint density at radius 1 is 1.11 bits per heavy atom. The second kappa shape index (κ2) is 4.20. The Hall–Kier alpha value is -2.69. The maximum Gasteiger partial charge on any atom is 0.272 e. The number of hydrogen-bond donors (Lipinski definition) is 0. The molecule has 0 saturated heterocycles. The van der Waals surface area contributed by atoms with Crippen LogP contribution in [0.4, 0.5) is 10.1 Å². The number of halogens is 1. The van der Waals surface area contributed by atoms with Crippen LogP contribution in [0.2, 0.25) is 0 Å². The van der Waals surface area contributed by atoms with Gasteiger partial charge in [-0.3, -0.25) is 10.1 Å². The minimum atomic E-state index is -0.615. The summed E-state index contributed by atoms with van der Waals surface area (Å²) in [5.41, 5.74) is 0.903. The third kappa shape index (κ3) is 1.85. The van der Waals surface area contributed by atoms with Crippen LogP contribution >= 0.6 is 0 Å². The van der Waals surface area contributed by atoms with Crippen LogP contribution in [0.15, 0.2) is 54.7 Å². The zero-order chi connectivity index (χ0) is 13.4. The second-order valence-electron chi connectivity index (χ2n) is 4.14. The monoisotopic (exact) mass is 256 g/mol. The standard InChI is InChI=1S/C14H9FN2O2/c15-12-9-11(17(18)19)5-6-14(12)16-8-7-10-3-1-2-4-13(10)16/h1-9H. The predicted octanol–water partition coefficient (Wildman–Crippen LogP) is 3.68. The molecule has 0 saturated carbocycles. The Labute approximate surface area is 107 Å². The zero-order valence-corrected chi connectivity index (χ0v) is 9.79. The lowest BCUT2D eigenvalue weighted by molar-refractivity contribution is -0.385. The topological polar surface area (TPSA) is 48.1 Å². The van der Waals surface area contributed by atoms with Crippen molar-refractivity contribution in [2.24, 2.45) is 0 Å². The molecule has 0 aliphatic rings. The molecule has 1 heterocycles. The molecule has 3 aromatic rings. The lowest BCUT2D eigenvalue weighted by Gasteiger charge is -2.06. The number of nitro groups is 1. The highest BCUT2D eigenvalue weighted by molar-refractivity contribution is 5.81. The van der Waals surface area contributed by atoms with Gasteiger partial charge in [0.05, 0.1) is 22.2 Å². The van der Waals surface area contributed by atoms with Crippen molar-refractivity contribution in [2.75, 3.05) is 0 Å². The average molecular weight is 256 g/mol. The Morgan fingerprint density at radius 3 is 2.63 bits per heavy atom. The van der Waals surface area contributed by atoms with Crippen molar-refractivity contribution in [1.82, 2.24) is 4.57 Å². The summed E-state index contributed by atoms with van der Waals surface area (Å²) in [4.78, 5) is 9.98. The number of nitro benzene ring substituents is 1. The highest BCUT2D eigenvalue weighted by Gasteiger charge is 2.13. The summed E-state index contributed by atoms with van der Waals surface area (Å²) >= 11 is 0. The molecule has 0 radical (unpaired) electrons. The Bertz CT molecular complexity index is 780. The number of para-hydroxylation sites is 1. The fraction of sp³-hybridized carbons (Fsp3) is 0. The molecular formula is C14H9FN2O2. The van der Waals surface area contributed by atoms with Gasteiger partial charge in [0.15, 0.2) is 5.82 Å². The van der Waals surface area contributed by atoms with E-state index in [1.165, 1.54) is 12.1 Å². The van der Waals surface area contributed by atoms with E-state index >= 15 is 0 Å². The normalized spacial score (nSPS) is 10.8. The summed E-state index contributed by atoms with van der Waals surface area (Å²) in [6.45, 7) is 0. The van der Waals surface area contributed by atoms with Crippen LogP contribution in [0.25, 0.3) is 16.6 Å². The third-order valence-electron chi connectivity index (χ3n) is 3.00. The summed E-state index contributed by atoms with van der Waals surface area (Å²) in [6.07, 6.45) is 1.74. The molecular weight excluding hydrogens is 247 g/mol. The first-order valence-electron chi connectivity index (χ1n) is 5.67. The van der Waals surface area contributed by atoms with Gasteiger partial charge in [0.1, 0.15) is 0 Å². The van der Waals surface area contributed by atoms with Crippen LogP contribution < -0.4 is 0 Å². The molecule has 0 bridgehead atoms. The number of fused-ring (bicyclic) bond motifs is 1. The number of non-ortho nitro benzene ring substituents is 1. The van der Waals surface area contributed by atoms with Crippen molar-refractivity contribution in [3.05, 3.63) is 70.7 Å². The van der Waals surface area contributed by atoms with Gasteiger partial charge in [-0.05, 0) is 23.6 Å². The van der Waals surface area contributed by atoms with Crippen molar-refractivity contribution < 1.29 is 9.31 Å². The van der Waals surface area contributed by atoms with E-state index in [4.69, 9.17) is 0 Å². The molecule has 94 valence electrons. The van der Waals surface area contributed by atoms with Crippen molar-refractivity contribution in [2.45, 2.75) is 0 Å². The Morgan fingerprint density at radius 2 is 1.89 bits per heavy atom. The van der Waals surface area contributed by atoms with Crippen molar-refractivity contribution in [1.29, 1.82) is 0 Å². The van der Waals surface area contributed by atoms with Crippen molar-refractivity contribution in [3.8, 4) is 5.69 Å². The average Bonchev–Trinajstić information content (AvgIpc) is 2.82. The summed E-state index contributed by atoms with van der Waals surface area (Å²) in [5, 5.41) is 11.6. The number of nitrogens with zero attached hydrogens (tertiary/aromatic N) is 2. The molecule has 2 aromatic carbocycles. The minimum absolute atomic E-state index is 0.252. The van der Waals surface area contributed by atoms with Gasteiger partial charge in [0, 0.05) is 12.3 Å². The second-order valence-corrected chi connectivity index (χ2v) is 4.14. The van der Waals surface area contributed by atoms with E-state index in [-0.39, 0.29) is 5.69 Å².